The van der Waals surface area contributed by atoms with Crippen molar-refractivity contribution in [2.45, 2.75) is 50.8 Å². The quantitative estimate of drug-likeness (QED) is 0.536. The van der Waals surface area contributed by atoms with Gasteiger partial charge < -0.3 is 5.32 Å². The standard InChI is InChI=1S/C14H23NO3S/c1-2-3-4-5-9-12-14(19(16,17)18)15-13-10-7-6-8-11-13/h6-8,10-11,14-15H,2-5,9,12H2,1H3,(H,16,17,18). The molecule has 0 amide bonds. The number of benzene rings is 1. The average molecular weight is 285 g/mol. The fourth-order valence-electron chi connectivity index (χ4n) is 1.95. The first-order chi connectivity index (χ1) is 9.04. The number of hydrogen-bond acceptors (Lipinski definition) is 3. The van der Waals surface area contributed by atoms with Crippen molar-refractivity contribution in [3.05, 3.63) is 30.3 Å². The van der Waals surface area contributed by atoms with Crippen molar-refractivity contribution < 1.29 is 13.0 Å². The van der Waals surface area contributed by atoms with Gasteiger partial charge in [-0.25, -0.2) is 0 Å². The van der Waals surface area contributed by atoms with Crippen LogP contribution in [-0.4, -0.2) is 18.3 Å². The van der Waals surface area contributed by atoms with E-state index in [-0.39, 0.29) is 0 Å². The molecule has 0 aliphatic rings. The summed E-state index contributed by atoms with van der Waals surface area (Å²) in [5, 5.41) is 1.95. The molecular formula is C14H23NO3S. The van der Waals surface area contributed by atoms with Crippen LogP contribution in [-0.2, 0) is 10.1 Å². The highest BCUT2D eigenvalue weighted by Gasteiger charge is 2.21. The van der Waals surface area contributed by atoms with Crippen molar-refractivity contribution in [2.24, 2.45) is 0 Å². The average Bonchev–Trinajstić information content (AvgIpc) is 2.37. The third-order valence-corrected chi connectivity index (χ3v) is 4.10. The largest absolute Gasteiger partial charge is 0.367 e. The van der Waals surface area contributed by atoms with Crippen molar-refractivity contribution in [2.75, 3.05) is 5.32 Å². The summed E-state index contributed by atoms with van der Waals surface area (Å²) < 4.78 is 31.9. The molecule has 0 fully saturated rings. The molecule has 0 aliphatic carbocycles. The van der Waals surface area contributed by atoms with E-state index in [1.807, 2.05) is 18.2 Å². The summed E-state index contributed by atoms with van der Waals surface area (Å²) in [5.41, 5.74) is 0.707. The number of rotatable bonds is 9. The Morgan fingerprint density at radius 1 is 1.11 bits per heavy atom. The lowest BCUT2D eigenvalue weighted by Gasteiger charge is -2.17. The molecule has 0 saturated heterocycles. The number of anilines is 1. The second-order valence-corrected chi connectivity index (χ2v) is 6.32. The predicted molar refractivity (Wildman–Crippen MR) is 78.8 cm³/mol. The van der Waals surface area contributed by atoms with Gasteiger partial charge in [-0.05, 0) is 18.6 Å². The zero-order chi connectivity index (χ0) is 14.1. The van der Waals surface area contributed by atoms with Crippen LogP contribution in [0.25, 0.3) is 0 Å². The molecule has 0 aromatic heterocycles. The summed E-state index contributed by atoms with van der Waals surface area (Å²) in [6.07, 6.45) is 5.66. The van der Waals surface area contributed by atoms with Crippen molar-refractivity contribution in [1.82, 2.24) is 0 Å². The molecule has 0 aliphatic heterocycles. The Kier molecular flexibility index (Phi) is 6.87. The number of hydrogen-bond donors (Lipinski definition) is 2. The molecule has 4 nitrogen and oxygen atoms in total. The second-order valence-electron chi connectivity index (χ2n) is 4.72. The third kappa shape index (κ3) is 6.59. The van der Waals surface area contributed by atoms with E-state index >= 15 is 0 Å². The third-order valence-electron chi connectivity index (χ3n) is 3.03. The Morgan fingerprint density at radius 2 is 1.74 bits per heavy atom. The van der Waals surface area contributed by atoms with E-state index in [0.717, 1.165) is 25.7 Å². The van der Waals surface area contributed by atoms with Gasteiger partial charge in [-0.2, -0.15) is 8.42 Å². The van der Waals surface area contributed by atoms with Crippen molar-refractivity contribution in [3.8, 4) is 0 Å². The summed E-state index contributed by atoms with van der Waals surface area (Å²) in [5.74, 6) is 0. The van der Waals surface area contributed by atoms with Crippen LogP contribution in [0.2, 0.25) is 0 Å². The van der Waals surface area contributed by atoms with Gasteiger partial charge in [-0.15, -0.1) is 0 Å². The first kappa shape index (κ1) is 16.0. The van der Waals surface area contributed by atoms with Crippen molar-refractivity contribution in [1.29, 1.82) is 0 Å². The lowest BCUT2D eigenvalue weighted by molar-refractivity contribution is 0.463. The van der Waals surface area contributed by atoms with Gasteiger partial charge >= 0.3 is 0 Å². The molecule has 108 valence electrons. The van der Waals surface area contributed by atoms with E-state index in [2.05, 4.69) is 12.2 Å². The van der Waals surface area contributed by atoms with Crippen LogP contribution in [0, 0.1) is 0 Å². The maximum Gasteiger partial charge on any atom is 0.286 e. The molecule has 0 heterocycles. The first-order valence-corrected chi connectivity index (χ1v) is 8.32. The zero-order valence-electron chi connectivity index (χ0n) is 11.4. The Bertz CT molecular complexity index is 445. The Labute approximate surface area is 116 Å². The zero-order valence-corrected chi connectivity index (χ0v) is 12.2. The van der Waals surface area contributed by atoms with Gasteiger partial charge in [0.05, 0.1) is 0 Å². The molecule has 19 heavy (non-hydrogen) atoms. The molecule has 0 bridgehead atoms. The van der Waals surface area contributed by atoms with Crippen LogP contribution in [0.4, 0.5) is 5.69 Å². The van der Waals surface area contributed by atoms with Crippen molar-refractivity contribution in [3.63, 3.8) is 0 Å². The van der Waals surface area contributed by atoms with Gasteiger partial charge in [-0.1, -0.05) is 57.2 Å². The Morgan fingerprint density at radius 3 is 2.32 bits per heavy atom. The lowest BCUT2D eigenvalue weighted by Crippen LogP contribution is -2.29. The minimum Gasteiger partial charge on any atom is -0.367 e. The molecular weight excluding hydrogens is 262 g/mol. The van der Waals surface area contributed by atoms with Crippen LogP contribution < -0.4 is 5.32 Å². The SMILES string of the molecule is CCCCCCCC(Nc1ccccc1)S(=O)(=O)O. The van der Waals surface area contributed by atoms with Crippen molar-refractivity contribution >= 4 is 15.8 Å². The minimum absolute atomic E-state index is 0.428. The van der Waals surface area contributed by atoms with E-state index in [1.165, 1.54) is 6.42 Å². The lowest BCUT2D eigenvalue weighted by atomic mass is 10.1. The van der Waals surface area contributed by atoms with Crippen LogP contribution in [0.5, 0.6) is 0 Å². The molecule has 1 aromatic carbocycles. The smallest absolute Gasteiger partial charge is 0.286 e. The normalized spacial score (nSPS) is 13.2. The monoisotopic (exact) mass is 285 g/mol. The van der Waals surface area contributed by atoms with E-state index in [9.17, 15) is 13.0 Å². The molecule has 1 aromatic rings. The molecule has 0 radical (unpaired) electrons. The van der Waals surface area contributed by atoms with Gasteiger partial charge in [0.1, 0.15) is 0 Å². The summed E-state index contributed by atoms with van der Waals surface area (Å²) in [7, 11) is -4.07. The molecule has 0 saturated carbocycles. The highest BCUT2D eigenvalue weighted by Crippen LogP contribution is 2.16. The fraction of sp³-hybridized carbons (Fsp3) is 0.571. The molecule has 1 atom stereocenters. The first-order valence-electron chi connectivity index (χ1n) is 6.82. The maximum atomic E-state index is 11.3. The fourth-order valence-corrected chi connectivity index (χ4v) is 2.70. The highest BCUT2D eigenvalue weighted by molar-refractivity contribution is 7.86. The number of para-hydroxylation sites is 1. The van der Waals surface area contributed by atoms with E-state index in [0.29, 0.717) is 12.1 Å². The van der Waals surface area contributed by atoms with Crippen LogP contribution in [0.1, 0.15) is 45.4 Å². The van der Waals surface area contributed by atoms with Crippen LogP contribution in [0.3, 0.4) is 0 Å². The van der Waals surface area contributed by atoms with E-state index in [4.69, 9.17) is 0 Å². The van der Waals surface area contributed by atoms with E-state index in [1.54, 1.807) is 12.1 Å². The number of unbranched alkanes of at least 4 members (excludes halogenated alkanes) is 4. The molecule has 2 N–H and O–H groups in total. The van der Waals surface area contributed by atoms with Gasteiger partial charge in [-0.3, -0.25) is 4.55 Å². The van der Waals surface area contributed by atoms with E-state index < -0.39 is 15.5 Å². The van der Waals surface area contributed by atoms with Gasteiger partial charge in [0.15, 0.2) is 5.37 Å². The second kappa shape index (κ2) is 8.17. The summed E-state index contributed by atoms with van der Waals surface area (Å²) in [6, 6.07) is 9.08. The molecule has 0 spiro atoms. The maximum absolute atomic E-state index is 11.3. The van der Waals surface area contributed by atoms with Gasteiger partial charge in [0.2, 0.25) is 0 Å². The summed E-state index contributed by atoms with van der Waals surface area (Å²) in [6.45, 7) is 2.14. The molecule has 1 unspecified atom stereocenters. The Hall–Kier alpha value is -1.07. The van der Waals surface area contributed by atoms with Crippen LogP contribution >= 0.6 is 0 Å². The molecule has 1 rings (SSSR count). The Balaban J connectivity index is 2.49. The van der Waals surface area contributed by atoms with Crippen LogP contribution in [0.15, 0.2) is 30.3 Å². The minimum atomic E-state index is -4.07. The highest BCUT2D eigenvalue weighted by atomic mass is 32.2. The molecule has 5 heteroatoms. The summed E-state index contributed by atoms with van der Waals surface area (Å²) in [4.78, 5) is 0. The summed E-state index contributed by atoms with van der Waals surface area (Å²) >= 11 is 0. The van der Waals surface area contributed by atoms with Gasteiger partial charge in [0, 0.05) is 5.69 Å². The topological polar surface area (TPSA) is 66.4 Å². The number of nitrogens with one attached hydrogen (secondary N) is 1. The predicted octanol–water partition coefficient (Wildman–Crippen LogP) is 3.67. The van der Waals surface area contributed by atoms with Gasteiger partial charge in [0.25, 0.3) is 10.1 Å².